The molecule has 1 fully saturated rings. The van der Waals surface area contributed by atoms with Gasteiger partial charge in [-0.25, -0.2) is 18.5 Å². The number of rotatable bonds is 5. The molecule has 0 spiro atoms. The number of aliphatic carboxylic acids is 1. The van der Waals surface area contributed by atoms with E-state index in [0.29, 0.717) is 16.8 Å². The molecule has 1 saturated carbocycles. The van der Waals surface area contributed by atoms with Gasteiger partial charge in [0, 0.05) is 20.5 Å². The van der Waals surface area contributed by atoms with Crippen molar-refractivity contribution in [3.8, 4) is 11.8 Å². The zero-order chi connectivity index (χ0) is 24.2. The molecule has 1 atom stereocenters. The number of carboxylic acid groups (broad SMARTS) is 1. The number of alkyl halides is 5. The molecular formula is C18H11Cl2F5N5O2-. The molecule has 0 saturated heterocycles. The molecule has 170 valence electrons. The van der Waals surface area contributed by atoms with Crippen LogP contribution in [-0.2, 0) is 16.4 Å². The molecule has 1 unspecified atom stereocenters. The van der Waals surface area contributed by atoms with Crippen molar-refractivity contribution in [2.24, 2.45) is 4.99 Å². The lowest BCUT2D eigenvalue weighted by molar-refractivity contribution is -0.311. The molecular weight excluding hydrogens is 484 g/mol. The smallest absolute Gasteiger partial charge is 0.416 e. The zero-order valence-electron chi connectivity index (χ0n) is 16.1. The molecule has 1 aliphatic rings. The van der Waals surface area contributed by atoms with Gasteiger partial charge in [-0.2, -0.15) is 23.5 Å². The number of carbonyl (C=O) groups is 1. The molecule has 0 amide bonds. The van der Waals surface area contributed by atoms with Crippen LogP contribution in [-0.4, -0.2) is 47.0 Å². The Labute approximate surface area is 187 Å². The maximum Gasteiger partial charge on any atom is 0.416 e. The summed E-state index contributed by atoms with van der Waals surface area (Å²) in [4.78, 5) is 17.0. The van der Waals surface area contributed by atoms with Crippen molar-refractivity contribution in [3.63, 3.8) is 0 Å². The molecule has 1 heterocycles. The van der Waals surface area contributed by atoms with E-state index in [1.807, 2.05) is 0 Å². The largest absolute Gasteiger partial charge is 0.549 e. The summed E-state index contributed by atoms with van der Waals surface area (Å²) < 4.78 is 68.3. The van der Waals surface area contributed by atoms with Gasteiger partial charge >= 0.3 is 6.18 Å². The average Bonchev–Trinajstić information content (AvgIpc) is 3.06. The van der Waals surface area contributed by atoms with E-state index in [9.17, 15) is 37.1 Å². The molecule has 0 bridgehead atoms. The van der Waals surface area contributed by atoms with E-state index in [0.717, 1.165) is 6.34 Å². The molecule has 3 rings (SSSR count). The van der Waals surface area contributed by atoms with Gasteiger partial charge in [0.15, 0.2) is 11.5 Å². The minimum Gasteiger partial charge on any atom is -0.549 e. The van der Waals surface area contributed by atoms with E-state index in [2.05, 4.69) is 10.1 Å². The lowest BCUT2D eigenvalue weighted by Gasteiger charge is -2.18. The fourth-order valence-electron chi connectivity index (χ4n) is 3.14. The van der Waals surface area contributed by atoms with Gasteiger partial charge in [0.05, 0.1) is 33.5 Å². The predicted molar refractivity (Wildman–Crippen MR) is 101 cm³/mol. The molecule has 1 aromatic heterocycles. The highest BCUT2D eigenvalue weighted by Gasteiger charge is 2.75. The number of benzene rings is 1. The second-order valence-electron chi connectivity index (χ2n) is 7.14. The number of nitrogens with zero attached hydrogens (tertiary/aromatic N) is 5. The summed E-state index contributed by atoms with van der Waals surface area (Å²) in [6, 6.07) is 2.56. The molecule has 2 aromatic rings. The van der Waals surface area contributed by atoms with Crippen LogP contribution in [0.15, 0.2) is 17.1 Å². The highest BCUT2D eigenvalue weighted by Crippen LogP contribution is 2.64. The fraction of sp³-hybridized carbons (Fsp3) is 0.333. The molecule has 0 aliphatic heterocycles. The lowest BCUT2D eigenvalue weighted by atomic mass is 9.94. The van der Waals surface area contributed by atoms with Crippen molar-refractivity contribution in [3.05, 3.63) is 39.0 Å². The van der Waals surface area contributed by atoms with Crippen LogP contribution in [0.25, 0.3) is 5.69 Å². The second-order valence-corrected chi connectivity index (χ2v) is 7.95. The summed E-state index contributed by atoms with van der Waals surface area (Å²) in [7, 11) is 3.01. The van der Waals surface area contributed by atoms with Gasteiger partial charge < -0.3 is 14.8 Å². The van der Waals surface area contributed by atoms with Gasteiger partial charge in [-0.05, 0) is 12.1 Å². The van der Waals surface area contributed by atoms with Crippen LogP contribution in [0.1, 0.15) is 23.2 Å². The third kappa shape index (κ3) is 3.65. The number of carbonyl (C=O) groups excluding carboxylic acids is 1. The molecule has 14 heteroatoms. The van der Waals surface area contributed by atoms with Gasteiger partial charge in [0.2, 0.25) is 0 Å². The summed E-state index contributed by atoms with van der Waals surface area (Å²) in [5, 5.41) is 23.8. The Bertz CT molecular complexity index is 1160. The summed E-state index contributed by atoms with van der Waals surface area (Å²) in [6.45, 7) is 0. The minimum atomic E-state index is -4.79. The van der Waals surface area contributed by atoms with Gasteiger partial charge in [0.1, 0.15) is 17.2 Å². The number of aliphatic imine (C=N–C) groups is 1. The van der Waals surface area contributed by atoms with Crippen LogP contribution in [0.3, 0.4) is 0 Å². The molecule has 0 radical (unpaired) electrons. The van der Waals surface area contributed by atoms with Crippen LogP contribution in [0.4, 0.5) is 27.8 Å². The standard InChI is InChI=1S/C18H12Cl2F5N5O2/c1-29(2)7-27-14-12(16(15(31)32)6-17(16,21)22)11(5-26)28-30(14)13-9(19)3-8(4-10(13)20)18(23,24)25/h3-4,7H,6H2,1-2H3,(H,31,32)/p-1. The van der Waals surface area contributed by atoms with Gasteiger partial charge in [-0.3, -0.25) is 0 Å². The Kier molecular flexibility index (Phi) is 5.64. The maximum atomic E-state index is 14.2. The Hall–Kier alpha value is -2.91. The minimum absolute atomic E-state index is 0.410. The van der Waals surface area contributed by atoms with Crippen molar-refractivity contribution in [1.29, 1.82) is 5.26 Å². The van der Waals surface area contributed by atoms with E-state index >= 15 is 0 Å². The monoisotopic (exact) mass is 494 g/mol. The molecule has 1 aliphatic carbocycles. The van der Waals surface area contributed by atoms with E-state index in [1.54, 1.807) is 0 Å². The average molecular weight is 495 g/mol. The van der Waals surface area contributed by atoms with Crippen LogP contribution in [0, 0.1) is 11.3 Å². The van der Waals surface area contributed by atoms with Gasteiger partial charge in [0.25, 0.3) is 5.92 Å². The van der Waals surface area contributed by atoms with Crippen molar-refractivity contribution >= 4 is 41.3 Å². The third-order valence-electron chi connectivity index (χ3n) is 4.70. The Morgan fingerprint density at radius 1 is 1.34 bits per heavy atom. The van der Waals surface area contributed by atoms with Crippen molar-refractivity contribution < 1.29 is 31.9 Å². The number of carboxylic acids is 1. The van der Waals surface area contributed by atoms with E-state index in [-0.39, 0.29) is 0 Å². The fourth-order valence-corrected chi connectivity index (χ4v) is 3.79. The molecule has 7 nitrogen and oxygen atoms in total. The van der Waals surface area contributed by atoms with Crippen molar-refractivity contribution in [2.45, 2.75) is 23.9 Å². The number of halogens is 7. The highest BCUT2D eigenvalue weighted by molar-refractivity contribution is 6.38. The first-order valence-corrected chi connectivity index (χ1v) is 9.33. The van der Waals surface area contributed by atoms with E-state index < -0.39 is 68.3 Å². The zero-order valence-corrected chi connectivity index (χ0v) is 17.6. The Balaban J connectivity index is 2.39. The van der Waals surface area contributed by atoms with Gasteiger partial charge in [-0.1, -0.05) is 23.2 Å². The Morgan fingerprint density at radius 3 is 2.25 bits per heavy atom. The summed E-state index contributed by atoms with van der Waals surface area (Å²) >= 11 is 12.0. The topological polar surface area (TPSA) is 97.3 Å². The quantitative estimate of drug-likeness (QED) is 0.360. The van der Waals surface area contributed by atoms with E-state index in [4.69, 9.17) is 23.2 Å². The van der Waals surface area contributed by atoms with Crippen molar-refractivity contribution in [2.75, 3.05) is 14.1 Å². The maximum absolute atomic E-state index is 14.2. The van der Waals surface area contributed by atoms with Crippen LogP contribution in [0.5, 0.6) is 0 Å². The molecule has 32 heavy (non-hydrogen) atoms. The predicted octanol–water partition coefficient (Wildman–Crippen LogP) is 3.32. The summed E-state index contributed by atoms with van der Waals surface area (Å²) in [5.74, 6) is -6.51. The highest BCUT2D eigenvalue weighted by atomic mass is 35.5. The Morgan fingerprint density at radius 2 is 1.88 bits per heavy atom. The van der Waals surface area contributed by atoms with Gasteiger partial charge in [-0.15, -0.1) is 0 Å². The summed E-state index contributed by atoms with van der Waals surface area (Å²) in [6.07, 6.45) is -4.88. The SMILES string of the molecule is CN(C)C=Nc1c(C2(C(=O)[O-])CC2(F)F)c(C#N)nn1-c1c(Cl)cc(C(F)(F)F)cc1Cl. The number of hydrogen-bond acceptors (Lipinski definition) is 5. The van der Waals surface area contributed by atoms with E-state index in [1.165, 1.54) is 25.1 Å². The first-order valence-electron chi connectivity index (χ1n) is 8.57. The normalized spacial score (nSPS) is 19.8. The first-order chi connectivity index (χ1) is 14.7. The first kappa shape index (κ1) is 23.7. The van der Waals surface area contributed by atoms with Crippen LogP contribution >= 0.6 is 23.2 Å². The number of hydrogen-bond donors (Lipinski definition) is 0. The van der Waals surface area contributed by atoms with Crippen LogP contribution in [0.2, 0.25) is 10.0 Å². The third-order valence-corrected chi connectivity index (χ3v) is 5.27. The molecule has 1 aromatic carbocycles. The summed E-state index contributed by atoms with van der Waals surface area (Å²) in [5.41, 5.74) is -6.01. The number of aromatic nitrogens is 2. The molecule has 0 N–H and O–H groups in total. The van der Waals surface area contributed by atoms with Crippen molar-refractivity contribution in [1.82, 2.24) is 14.7 Å². The lowest BCUT2D eigenvalue weighted by Crippen LogP contribution is -2.40. The second kappa shape index (κ2) is 7.60. The van der Waals surface area contributed by atoms with Crippen LogP contribution < -0.4 is 5.11 Å². The number of nitriles is 1.